The number of fused-ring (bicyclic) bond motifs is 2. The Kier molecular flexibility index (Phi) is 6.80. The van der Waals surface area contributed by atoms with Crippen LogP contribution in [0, 0.1) is 0 Å². The standard InChI is InChI=1S/C26H32N4O2S/c1-28-13-14-29(15-16-30(28)24-5-4-6-25-22(24)11-18-33-25)12-2-3-17-32-21-9-7-20-8-10-26(31)27-23(20)19-21/h4-7,9,11,18-19H,2-3,8,10,12-17H2,1H3,(H,27,31). The minimum atomic E-state index is 0.0910. The van der Waals surface area contributed by atoms with Gasteiger partial charge in [0.25, 0.3) is 0 Å². The highest BCUT2D eigenvalue weighted by Gasteiger charge is 2.21. The average molecular weight is 465 g/mol. The van der Waals surface area contributed by atoms with Crippen molar-refractivity contribution in [1.82, 2.24) is 9.91 Å². The lowest BCUT2D eigenvalue weighted by Gasteiger charge is -2.32. The second-order valence-corrected chi connectivity index (χ2v) is 9.83. The van der Waals surface area contributed by atoms with Crippen LogP contribution in [0.2, 0.25) is 0 Å². The van der Waals surface area contributed by atoms with Crippen molar-refractivity contribution in [1.29, 1.82) is 0 Å². The zero-order chi connectivity index (χ0) is 22.6. The number of ether oxygens (including phenoxy) is 1. The zero-order valence-corrected chi connectivity index (χ0v) is 20.1. The Labute approximate surface area is 199 Å². The molecule has 5 rings (SSSR count). The SMILES string of the molecule is CN1CCN(CCCCOc2ccc3c(c2)NC(=O)CC3)CCN1c1cccc2sccc12. The summed E-state index contributed by atoms with van der Waals surface area (Å²) in [5.74, 6) is 0.930. The number of benzene rings is 2. The van der Waals surface area contributed by atoms with E-state index in [2.05, 4.69) is 63.0 Å². The maximum Gasteiger partial charge on any atom is 0.224 e. The molecule has 1 N–H and O–H groups in total. The van der Waals surface area contributed by atoms with Crippen LogP contribution in [-0.2, 0) is 11.2 Å². The fourth-order valence-corrected chi connectivity index (χ4v) is 5.53. The van der Waals surface area contributed by atoms with Crippen molar-refractivity contribution < 1.29 is 9.53 Å². The van der Waals surface area contributed by atoms with Crippen molar-refractivity contribution in [2.45, 2.75) is 25.7 Å². The molecule has 2 aromatic carbocycles. The molecule has 3 heterocycles. The summed E-state index contributed by atoms with van der Waals surface area (Å²) in [4.78, 5) is 14.2. The largest absolute Gasteiger partial charge is 0.494 e. The Balaban J connectivity index is 1.08. The molecule has 2 aliphatic heterocycles. The Morgan fingerprint density at radius 3 is 2.88 bits per heavy atom. The quantitative estimate of drug-likeness (QED) is 0.518. The number of nitrogens with zero attached hydrogens (tertiary/aromatic N) is 3. The normalized spacial score (nSPS) is 17.6. The van der Waals surface area contributed by atoms with Gasteiger partial charge >= 0.3 is 0 Å². The van der Waals surface area contributed by atoms with Gasteiger partial charge in [-0.25, -0.2) is 5.01 Å². The van der Waals surface area contributed by atoms with Gasteiger partial charge in [-0.3, -0.25) is 4.79 Å². The minimum Gasteiger partial charge on any atom is -0.494 e. The van der Waals surface area contributed by atoms with Gasteiger partial charge in [-0.05, 0) is 61.0 Å². The molecule has 0 aliphatic carbocycles. The molecule has 174 valence electrons. The number of likely N-dealkylation sites (N-methyl/N-ethyl adjacent to an activating group) is 1. The van der Waals surface area contributed by atoms with Gasteiger partial charge in [-0.15, -0.1) is 11.3 Å². The van der Waals surface area contributed by atoms with E-state index < -0.39 is 0 Å². The molecule has 0 radical (unpaired) electrons. The summed E-state index contributed by atoms with van der Waals surface area (Å²) >= 11 is 1.81. The lowest BCUT2D eigenvalue weighted by Crippen LogP contribution is -2.40. The molecule has 7 heteroatoms. The van der Waals surface area contributed by atoms with Crippen LogP contribution >= 0.6 is 11.3 Å². The van der Waals surface area contributed by atoms with E-state index in [1.807, 2.05) is 23.5 Å². The molecule has 0 atom stereocenters. The first-order chi connectivity index (χ1) is 16.2. The Hall–Kier alpha value is -2.61. The van der Waals surface area contributed by atoms with E-state index in [1.165, 1.54) is 21.3 Å². The Morgan fingerprint density at radius 2 is 1.94 bits per heavy atom. The molecule has 1 fully saturated rings. The molecule has 1 amide bonds. The number of hydrogen-bond donors (Lipinski definition) is 1. The molecule has 3 aromatic rings. The van der Waals surface area contributed by atoms with Crippen molar-refractivity contribution in [3.63, 3.8) is 0 Å². The van der Waals surface area contributed by atoms with Gasteiger partial charge in [0, 0.05) is 61.5 Å². The third kappa shape index (κ3) is 5.16. The number of amides is 1. The maximum atomic E-state index is 11.6. The van der Waals surface area contributed by atoms with Gasteiger partial charge in [0.1, 0.15) is 5.75 Å². The second-order valence-electron chi connectivity index (χ2n) is 8.88. The molecule has 1 saturated heterocycles. The fourth-order valence-electron chi connectivity index (χ4n) is 4.72. The number of nitrogens with one attached hydrogen (secondary N) is 1. The first-order valence-corrected chi connectivity index (χ1v) is 12.8. The first-order valence-electron chi connectivity index (χ1n) is 11.9. The lowest BCUT2D eigenvalue weighted by atomic mass is 10.0. The number of unbranched alkanes of at least 4 members (excludes halogenated alkanes) is 1. The van der Waals surface area contributed by atoms with Gasteiger partial charge in [-0.2, -0.15) is 0 Å². The number of hydrogen-bond acceptors (Lipinski definition) is 6. The molecule has 0 unspecified atom stereocenters. The van der Waals surface area contributed by atoms with Crippen LogP contribution in [0.25, 0.3) is 10.1 Å². The van der Waals surface area contributed by atoms with Crippen LogP contribution in [0.4, 0.5) is 11.4 Å². The number of hydrazine groups is 1. The molecule has 0 spiro atoms. The third-order valence-corrected chi connectivity index (χ3v) is 7.53. The predicted molar refractivity (Wildman–Crippen MR) is 136 cm³/mol. The second kappa shape index (κ2) is 10.1. The van der Waals surface area contributed by atoms with Crippen LogP contribution in [0.3, 0.4) is 0 Å². The van der Waals surface area contributed by atoms with E-state index in [4.69, 9.17) is 4.74 Å². The third-order valence-electron chi connectivity index (χ3n) is 6.65. The summed E-state index contributed by atoms with van der Waals surface area (Å²) in [6.07, 6.45) is 3.52. The number of thiophene rings is 1. The summed E-state index contributed by atoms with van der Waals surface area (Å²) in [5.41, 5.74) is 3.41. The molecule has 33 heavy (non-hydrogen) atoms. The number of rotatable bonds is 7. The van der Waals surface area contributed by atoms with Gasteiger partial charge in [0.15, 0.2) is 0 Å². The topological polar surface area (TPSA) is 48.1 Å². The van der Waals surface area contributed by atoms with Crippen molar-refractivity contribution in [3.8, 4) is 5.75 Å². The number of aryl methyl sites for hydroxylation is 1. The number of carbonyl (C=O) groups excluding carboxylic acids is 1. The minimum absolute atomic E-state index is 0.0910. The van der Waals surface area contributed by atoms with E-state index in [1.54, 1.807) is 0 Å². The van der Waals surface area contributed by atoms with Crippen LogP contribution < -0.4 is 15.1 Å². The van der Waals surface area contributed by atoms with Crippen LogP contribution in [0.1, 0.15) is 24.8 Å². The zero-order valence-electron chi connectivity index (χ0n) is 19.3. The average Bonchev–Trinajstić information content (AvgIpc) is 3.23. The van der Waals surface area contributed by atoms with E-state index in [-0.39, 0.29) is 5.91 Å². The smallest absolute Gasteiger partial charge is 0.224 e. The number of carbonyl (C=O) groups is 1. The van der Waals surface area contributed by atoms with Crippen molar-refractivity contribution >= 4 is 38.7 Å². The number of anilines is 2. The van der Waals surface area contributed by atoms with E-state index in [9.17, 15) is 4.79 Å². The maximum absolute atomic E-state index is 11.6. The van der Waals surface area contributed by atoms with Gasteiger partial charge in [0.05, 0.1) is 12.3 Å². The van der Waals surface area contributed by atoms with Crippen LogP contribution in [0.15, 0.2) is 47.8 Å². The van der Waals surface area contributed by atoms with E-state index >= 15 is 0 Å². The molecule has 1 aromatic heterocycles. The molecular formula is C26H32N4O2S. The van der Waals surface area contributed by atoms with Gasteiger partial charge in [-0.1, -0.05) is 12.1 Å². The molecule has 0 saturated carbocycles. The van der Waals surface area contributed by atoms with E-state index in [0.29, 0.717) is 13.0 Å². The first kappa shape index (κ1) is 22.2. The molecule has 6 nitrogen and oxygen atoms in total. The van der Waals surface area contributed by atoms with Crippen molar-refractivity contribution in [2.24, 2.45) is 0 Å². The highest BCUT2D eigenvalue weighted by Crippen LogP contribution is 2.31. The molecule has 0 bridgehead atoms. The van der Waals surface area contributed by atoms with Crippen molar-refractivity contribution in [2.75, 3.05) is 56.7 Å². The monoisotopic (exact) mass is 464 g/mol. The Morgan fingerprint density at radius 1 is 1.03 bits per heavy atom. The molecule has 2 aliphatic rings. The highest BCUT2D eigenvalue weighted by molar-refractivity contribution is 7.17. The van der Waals surface area contributed by atoms with E-state index in [0.717, 1.165) is 63.4 Å². The summed E-state index contributed by atoms with van der Waals surface area (Å²) in [5, 5.41) is 11.3. The van der Waals surface area contributed by atoms with Gasteiger partial charge in [0.2, 0.25) is 5.91 Å². The van der Waals surface area contributed by atoms with Crippen molar-refractivity contribution in [3.05, 3.63) is 53.4 Å². The van der Waals surface area contributed by atoms with Gasteiger partial charge < -0.3 is 20.0 Å². The summed E-state index contributed by atoms with van der Waals surface area (Å²) in [6, 6.07) is 14.9. The summed E-state index contributed by atoms with van der Waals surface area (Å²) in [6.45, 7) is 5.97. The Bertz CT molecular complexity index is 1110. The predicted octanol–water partition coefficient (Wildman–Crippen LogP) is 4.61. The van der Waals surface area contributed by atoms with Crippen LogP contribution in [0.5, 0.6) is 5.75 Å². The highest BCUT2D eigenvalue weighted by atomic mass is 32.1. The fraction of sp³-hybridized carbons (Fsp3) is 0.423. The van der Waals surface area contributed by atoms with Crippen LogP contribution in [-0.4, -0.2) is 62.2 Å². The lowest BCUT2D eigenvalue weighted by molar-refractivity contribution is -0.116. The summed E-state index contributed by atoms with van der Waals surface area (Å²) in [7, 11) is 2.20. The molecular weight excluding hydrogens is 432 g/mol. The summed E-state index contributed by atoms with van der Waals surface area (Å²) < 4.78 is 7.31.